The van der Waals surface area contributed by atoms with Crippen LogP contribution in [0.2, 0.25) is 0 Å². The minimum Gasteiger partial charge on any atom is -0.396 e. The second-order valence-electron chi connectivity index (χ2n) is 4.54. The van der Waals surface area contributed by atoms with Crippen molar-refractivity contribution in [1.29, 1.82) is 0 Å². The van der Waals surface area contributed by atoms with E-state index in [-0.39, 0.29) is 12.5 Å². The van der Waals surface area contributed by atoms with Gasteiger partial charge in [-0.1, -0.05) is 6.42 Å². The van der Waals surface area contributed by atoms with Gasteiger partial charge in [0.05, 0.1) is 11.9 Å². The van der Waals surface area contributed by atoms with E-state index in [1.807, 2.05) is 7.05 Å². The number of hydrogen-bond donors (Lipinski definition) is 1. The van der Waals surface area contributed by atoms with Crippen LogP contribution >= 0.6 is 0 Å². The Balaban J connectivity index is 1.82. The van der Waals surface area contributed by atoms with Crippen molar-refractivity contribution in [2.24, 2.45) is 5.92 Å². The minimum absolute atomic E-state index is 0.0926. The third-order valence-electron chi connectivity index (χ3n) is 3.13. The minimum atomic E-state index is 0.0926. The highest BCUT2D eigenvalue weighted by atomic mass is 16.2. The fraction of sp³-hybridized carbons (Fsp3) is 0.636. The highest BCUT2D eigenvalue weighted by Gasteiger charge is 2.21. The van der Waals surface area contributed by atoms with Crippen LogP contribution in [0.15, 0.2) is 12.4 Å². The van der Waals surface area contributed by atoms with Gasteiger partial charge in [0.1, 0.15) is 6.54 Å². The number of amides is 1. The van der Waals surface area contributed by atoms with Crippen LogP contribution in [0.1, 0.15) is 19.3 Å². The number of nitrogens with two attached hydrogens (primary N) is 1. The zero-order valence-corrected chi connectivity index (χ0v) is 9.59. The predicted octanol–water partition coefficient (Wildman–Crippen LogP) is 0.724. The van der Waals surface area contributed by atoms with E-state index in [9.17, 15) is 4.79 Å². The Morgan fingerprint density at radius 2 is 2.44 bits per heavy atom. The molecule has 5 nitrogen and oxygen atoms in total. The molecule has 0 atom stereocenters. The van der Waals surface area contributed by atoms with Gasteiger partial charge in [-0.3, -0.25) is 9.48 Å². The Labute approximate surface area is 95.2 Å². The molecule has 5 heteroatoms. The van der Waals surface area contributed by atoms with Crippen LogP contribution in [0.5, 0.6) is 0 Å². The van der Waals surface area contributed by atoms with Crippen molar-refractivity contribution in [2.75, 3.05) is 19.3 Å². The third-order valence-corrected chi connectivity index (χ3v) is 3.13. The highest BCUT2D eigenvalue weighted by Crippen LogP contribution is 2.26. The molecule has 1 aliphatic rings. The molecule has 1 aromatic rings. The summed E-state index contributed by atoms with van der Waals surface area (Å²) in [5.41, 5.74) is 6.13. The molecular weight excluding hydrogens is 204 g/mol. The van der Waals surface area contributed by atoms with Crippen molar-refractivity contribution in [3.8, 4) is 0 Å². The fourth-order valence-electron chi connectivity index (χ4n) is 1.89. The summed E-state index contributed by atoms with van der Waals surface area (Å²) in [5.74, 6) is 0.798. The van der Waals surface area contributed by atoms with E-state index in [2.05, 4.69) is 5.10 Å². The van der Waals surface area contributed by atoms with Gasteiger partial charge in [0.15, 0.2) is 0 Å². The van der Waals surface area contributed by atoms with E-state index in [1.54, 1.807) is 22.0 Å². The zero-order valence-electron chi connectivity index (χ0n) is 9.59. The molecule has 1 fully saturated rings. The van der Waals surface area contributed by atoms with E-state index in [0.29, 0.717) is 11.6 Å². The van der Waals surface area contributed by atoms with Crippen molar-refractivity contribution in [3.63, 3.8) is 0 Å². The summed E-state index contributed by atoms with van der Waals surface area (Å²) in [4.78, 5) is 13.6. The molecule has 0 aromatic carbocycles. The van der Waals surface area contributed by atoms with Gasteiger partial charge >= 0.3 is 0 Å². The number of carbonyl (C=O) groups is 1. The van der Waals surface area contributed by atoms with E-state index in [4.69, 9.17) is 5.73 Å². The molecular formula is C11H18N4O. The average molecular weight is 222 g/mol. The molecule has 1 amide bonds. The topological polar surface area (TPSA) is 64.2 Å². The molecule has 2 rings (SSSR count). The summed E-state index contributed by atoms with van der Waals surface area (Å²) in [6.07, 6.45) is 7.05. The second kappa shape index (κ2) is 4.55. The lowest BCUT2D eigenvalue weighted by molar-refractivity contribution is -0.131. The predicted molar refractivity (Wildman–Crippen MR) is 61.6 cm³/mol. The molecule has 1 saturated carbocycles. The van der Waals surface area contributed by atoms with Crippen molar-refractivity contribution in [1.82, 2.24) is 14.7 Å². The first-order valence-corrected chi connectivity index (χ1v) is 5.67. The van der Waals surface area contributed by atoms with Crippen LogP contribution in [-0.2, 0) is 11.3 Å². The van der Waals surface area contributed by atoms with Gasteiger partial charge in [-0.2, -0.15) is 5.10 Å². The van der Waals surface area contributed by atoms with Gasteiger partial charge < -0.3 is 10.6 Å². The standard InChI is InChI=1S/C11H18N4O/c1-14(6-9-3-2-4-9)11(16)8-15-7-10(12)5-13-15/h5,7,9H,2-4,6,8,12H2,1H3. The number of rotatable bonds is 4. The molecule has 0 unspecified atom stereocenters. The summed E-state index contributed by atoms with van der Waals surface area (Å²) in [5, 5.41) is 4.00. The molecule has 0 bridgehead atoms. The van der Waals surface area contributed by atoms with Crippen LogP contribution in [-0.4, -0.2) is 34.2 Å². The van der Waals surface area contributed by atoms with Crippen molar-refractivity contribution in [3.05, 3.63) is 12.4 Å². The maximum absolute atomic E-state index is 11.8. The fourth-order valence-corrected chi connectivity index (χ4v) is 1.89. The Bertz CT molecular complexity index is 370. The third kappa shape index (κ3) is 2.53. The van der Waals surface area contributed by atoms with E-state index >= 15 is 0 Å². The van der Waals surface area contributed by atoms with E-state index < -0.39 is 0 Å². The maximum atomic E-state index is 11.8. The van der Waals surface area contributed by atoms with Gasteiger partial charge in [-0.25, -0.2) is 0 Å². The Morgan fingerprint density at radius 1 is 1.69 bits per heavy atom. The molecule has 0 saturated heterocycles. The van der Waals surface area contributed by atoms with Crippen LogP contribution in [0.25, 0.3) is 0 Å². The van der Waals surface area contributed by atoms with Gasteiger partial charge in [0, 0.05) is 19.8 Å². The number of aromatic nitrogens is 2. The lowest BCUT2D eigenvalue weighted by Crippen LogP contribution is -2.36. The molecule has 0 aliphatic heterocycles. The Morgan fingerprint density at radius 3 is 2.94 bits per heavy atom. The smallest absolute Gasteiger partial charge is 0.244 e. The van der Waals surface area contributed by atoms with E-state index in [0.717, 1.165) is 6.54 Å². The van der Waals surface area contributed by atoms with E-state index in [1.165, 1.54) is 19.3 Å². The number of nitrogens with zero attached hydrogens (tertiary/aromatic N) is 3. The highest BCUT2D eigenvalue weighted by molar-refractivity contribution is 5.75. The average Bonchev–Trinajstić information content (AvgIpc) is 2.57. The summed E-state index contributed by atoms with van der Waals surface area (Å²) in [6.45, 7) is 1.15. The first-order chi connectivity index (χ1) is 7.65. The van der Waals surface area contributed by atoms with Crippen molar-refractivity contribution >= 4 is 11.6 Å². The lowest BCUT2D eigenvalue weighted by Gasteiger charge is -2.30. The van der Waals surface area contributed by atoms with Gasteiger partial charge in [-0.15, -0.1) is 0 Å². The molecule has 2 N–H and O–H groups in total. The SMILES string of the molecule is CN(CC1CCC1)C(=O)Cn1cc(N)cn1. The summed E-state index contributed by atoms with van der Waals surface area (Å²) < 4.78 is 1.58. The lowest BCUT2D eigenvalue weighted by atomic mass is 9.85. The van der Waals surface area contributed by atoms with Crippen LogP contribution in [0.4, 0.5) is 5.69 Å². The number of nitrogen functional groups attached to an aromatic ring is 1. The van der Waals surface area contributed by atoms with Crippen molar-refractivity contribution < 1.29 is 4.79 Å². The number of anilines is 1. The number of likely N-dealkylation sites (N-methyl/N-ethyl adjacent to an activating group) is 1. The summed E-state index contributed by atoms with van der Waals surface area (Å²) in [6, 6.07) is 0. The first kappa shape index (κ1) is 11.0. The quantitative estimate of drug-likeness (QED) is 0.816. The van der Waals surface area contributed by atoms with Crippen molar-refractivity contribution in [2.45, 2.75) is 25.8 Å². The van der Waals surface area contributed by atoms with Crippen LogP contribution in [0.3, 0.4) is 0 Å². The largest absolute Gasteiger partial charge is 0.396 e. The normalized spacial score (nSPS) is 15.8. The number of hydrogen-bond acceptors (Lipinski definition) is 3. The number of carbonyl (C=O) groups excluding carboxylic acids is 1. The molecule has 0 spiro atoms. The molecule has 88 valence electrons. The van der Waals surface area contributed by atoms with Gasteiger partial charge in [-0.05, 0) is 18.8 Å². The summed E-state index contributed by atoms with van der Waals surface area (Å²) in [7, 11) is 1.85. The van der Waals surface area contributed by atoms with Crippen LogP contribution < -0.4 is 5.73 Å². The molecule has 16 heavy (non-hydrogen) atoms. The summed E-state index contributed by atoms with van der Waals surface area (Å²) >= 11 is 0. The zero-order chi connectivity index (χ0) is 11.5. The Kier molecular flexibility index (Phi) is 3.12. The first-order valence-electron chi connectivity index (χ1n) is 5.67. The Hall–Kier alpha value is -1.52. The van der Waals surface area contributed by atoms with Crippen LogP contribution in [0, 0.1) is 5.92 Å². The molecule has 1 aliphatic carbocycles. The monoisotopic (exact) mass is 222 g/mol. The maximum Gasteiger partial charge on any atom is 0.244 e. The molecule has 0 radical (unpaired) electrons. The van der Waals surface area contributed by atoms with Gasteiger partial charge in [0.25, 0.3) is 0 Å². The molecule has 1 heterocycles. The molecule has 1 aromatic heterocycles. The second-order valence-corrected chi connectivity index (χ2v) is 4.54. The van der Waals surface area contributed by atoms with Gasteiger partial charge in [0.2, 0.25) is 5.91 Å².